The second-order valence-electron chi connectivity index (χ2n) is 4.53. The molecule has 0 fully saturated rings. The molecule has 17 heavy (non-hydrogen) atoms. The lowest BCUT2D eigenvalue weighted by atomic mass is 9.82. The Labute approximate surface area is 101 Å². The Morgan fingerprint density at radius 2 is 1.76 bits per heavy atom. The summed E-state index contributed by atoms with van der Waals surface area (Å²) in [5.74, 6) is 0.129. The van der Waals surface area contributed by atoms with Crippen molar-refractivity contribution in [3.05, 3.63) is 47.0 Å². The lowest BCUT2D eigenvalue weighted by Gasteiger charge is -2.19. The first kappa shape index (κ1) is 11.8. The SMILES string of the molecule is CCCC(C)C1=CC(=O)c2ccccc2C1=O. The van der Waals surface area contributed by atoms with Crippen molar-refractivity contribution < 1.29 is 9.59 Å². The molecule has 0 saturated carbocycles. The van der Waals surface area contributed by atoms with Gasteiger partial charge in [0.05, 0.1) is 0 Å². The van der Waals surface area contributed by atoms with Crippen molar-refractivity contribution in [2.75, 3.05) is 0 Å². The van der Waals surface area contributed by atoms with Crippen LogP contribution in [0.5, 0.6) is 0 Å². The van der Waals surface area contributed by atoms with Gasteiger partial charge >= 0.3 is 0 Å². The van der Waals surface area contributed by atoms with Gasteiger partial charge in [-0.3, -0.25) is 9.59 Å². The van der Waals surface area contributed by atoms with Gasteiger partial charge in [0.1, 0.15) is 0 Å². The normalized spacial score (nSPS) is 16.5. The van der Waals surface area contributed by atoms with Crippen LogP contribution < -0.4 is 0 Å². The Balaban J connectivity index is 2.41. The number of rotatable bonds is 3. The van der Waals surface area contributed by atoms with Gasteiger partial charge in [0.2, 0.25) is 0 Å². The summed E-state index contributed by atoms with van der Waals surface area (Å²) >= 11 is 0. The molecule has 0 heterocycles. The van der Waals surface area contributed by atoms with E-state index in [4.69, 9.17) is 0 Å². The molecule has 1 aliphatic rings. The molecule has 0 aromatic heterocycles. The standard InChI is InChI=1S/C15H16O2/c1-3-6-10(2)13-9-14(16)11-7-4-5-8-12(11)15(13)17/h4-5,7-10H,3,6H2,1-2H3. The number of hydrogen-bond donors (Lipinski definition) is 0. The van der Waals surface area contributed by atoms with E-state index in [0.29, 0.717) is 16.7 Å². The molecule has 2 rings (SSSR count). The van der Waals surface area contributed by atoms with E-state index in [1.807, 2.05) is 6.92 Å². The molecule has 0 bridgehead atoms. The van der Waals surface area contributed by atoms with E-state index in [9.17, 15) is 9.59 Å². The number of fused-ring (bicyclic) bond motifs is 1. The summed E-state index contributed by atoms with van der Waals surface area (Å²) in [7, 11) is 0. The summed E-state index contributed by atoms with van der Waals surface area (Å²) in [4.78, 5) is 24.2. The summed E-state index contributed by atoms with van der Waals surface area (Å²) in [6.45, 7) is 4.09. The van der Waals surface area contributed by atoms with Gasteiger partial charge in [-0.2, -0.15) is 0 Å². The largest absolute Gasteiger partial charge is 0.289 e. The molecule has 0 saturated heterocycles. The van der Waals surface area contributed by atoms with E-state index in [-0.39, 0.29) is 17.5 Å². The fourth-order valence-electron chi connectivity index (χ4n) is 2.29. The van der Waals surface area contributed by atoms with Gasteiger partial charge in [0.15, 0.2) is 11.6 Å². The lowest BCUT2D eigenvalue weighted by Crippen LogP contribution is -2.20. The maximum Gasteiger partial charge on any atom is 0.190 e. The predicted molar refractivity (Wildman–Crippen MR) is 67.3 cm³/mol. The highest BCUT2D eigenvalue weighted by molar-refractivity contribution is 6.24. The van der Waals surface area contributed by atoms with E-state index < -0.39 is 0 Å². The van der Waals surface area contributed by atoms with E-state index in [0.717, 1.165) is 12.8 Å². The second kappa shape index (κ2) is 4.66. The van der Waals surface area contributed by atoms with Gasteiger partial charge in [-0.25, -0.2) is 0 Å². The summed E-state index contributed by atoms with van der Waals surface area (Å²) in [6.07, 6.45) is 3.47. The molecular formula is C15H16O2. The first-order chi connectivity index (χ1) is 8.15. The molecule has 0 N–H and O–H groups in total. The minimum atomic E-state index is -0.0434. The monoisotopic (exact) mass is 228 g/mol. The molecule has 1 atom stereocenters. The minimum absolute atomic E-state index is 0.0150. The van der Waals surface area contributed by atoms with Gasteiger partial charge in [-0.15, -0.1) is 0 Å². The van der Waals surface area contributed by atoms with Gasteiger partial charge in [-0.05, 0) is 18.4 Å². The van der Waals surface area contributed by atoms with Crippen LogP contribution in [0.4, 0.5) is 0 Å². The minimum Gasteiger partial charge on any atom is -0.289 e. The average molecular weight is 228 g/mol. The van der Waals surface area contributed by atoms with Crippen LogP contribution in [0.15, 0.2) is 35.9 Å². The Morgan fingerprint density at radius 1 is 1.12 bits per heavy atom. The van der Waals surface area contributed by atoms with Gasteiger partial charge < -0.3 is 0 Å². The predicted octanol–water partition coefficient (Wildman–Crippen LogP) is 3.43. The topological polar surface area (TPSA) is 34.1 Å². The highest BCUT2D eigenvalue weighted by atomic mass is 16.1. The zero-order valence-corrected chi connectivity index (χ0v) is 10.2. The van der Waals surface area contributed by atoms with Gasteiger partial charge in [0, 0.05) is 16.7 Å². The van der Waals surface area contributed by atoms with Crippen molar-refractivity contribution in [3.63, 3.8) is 0 Å². The third-order valence-electron chi connectivity index (χ3n) is 3.24. The molecular weight excluding hydrogens is 212 g/mol. The summed E-state index contributed by atoms with van der Waals surface area (Å²) < 4.78 is 0. The molecule has 1 unspecified atom stereocenters. The van der Waals surface area contributed by atoms with Crippen LogP contribution in [0.2, 0.25) is 0 Å². The maximum atomic E-state index is 12.3. The zero-order chi connectivity index (χ0) is 12.4. The zero-order valence-electron chi connectivity index (χ0n) is 10.2. The fraction of sp³-hybridized carbons (Fsp3) is 0.333. The van der Waals surface area contributed by atoms with Crippen molar-refractivity contribution in [3.8, 4) is 0 Å². The Bertz CT molecular complexity index is 497. The summed E-state index contributed by atoms with van der Waals surface area (Å²) in [6, 6.07) is 7.05. The van der Waals surface area contributed by atoms with Crippen LogP contribution in [0, 0.1) is 5.92 Å². The molecule has 1 aromatic rings. The van der Waals surface area contributed by atoms with E-state index in [2.05, 4.69) is 6.92 Å². The Morgan fingerprint density at radius 3 is 2.41 bits per heavy atom. The Kier molecular flexibility index (Phi) is 3.23. The molecule has 1 aliphatic carbocycles. The van der Waals surface area contributed by atoms with Gasteiger partial charge in [0.25, 0.3) is 0 Å². The molecule has 0 aliphatic heterocycles. The first-order valence-corrected chi connectivity index (χ1v) is 6.04. The second-order valence-corrected chi connectivity index (χ2v) is 4.53. The number of allylic oxidation sites excluding steroid dienone is 2. The smallest absolute Gasteiger partial charge is 0.190 e. The number of hydrogen-bond acceptors (Lipinski definition) is 2. The van der Waals surface area contributed by atoms with Crippen LogP contribution in [0.3, 0.4) is 0 Å². The highest BCUT2D eigenvalue weighted by Crippen LogP contribution is 2.27. The van der Waals surface area contributed by atoms with Crippen molar-refractivity contribution >= 4 is 11.6 Å². The number of Topliss-reactive ketones (excluding diaryl/α,β-unsaturated/α-hetero) is 1. The van der Waals surface area contributed by atoms with Crippen LogP contribution in [0.25, 0.3) is 0 Å². The quantitative estimate of drug-likeness (QED) is 0.794. The molecule has 2 nitrogen and oxygen atoms in total. The van der Waals surface area contributed by atoms with Crippen LogP contribution in [-0.4, -0.2) is 11.6 Å². The van der Waals surface area contributed by atoms with Gasteiger partial charge in [-0.1, -0.05) is 44.5 Å². The number of carbonyl (C=O) groups is 2. The molecule has 2 heteroatoms. The van der Waals surface area contributed by atoms with Crippen molar-refractivity contribution in [2.24, 2.45) is 5.92 Å². The third-order valence-corrected chi connectivity index (χ3v) is 3.24. The van der Waals surface area contributed by atoms with Crippen molar-refractivity contribution in [1.82, 2.24) is 0 Å². The Hall–Kier alpha value is -1.70. The summed E-state index contributed by atoms with van der Waals surface area (Å²) in [5, 5.41) is 0. The molecule has 0 radical (unpaired) electrons. The van der Waals surface area contributed by atoms with Crippen molar-refractivity contribution in [2.45, 2.75) is 26.7 Å². The number of ketones is 2. The van der Waals surface area contributed by atoms with E-state index >= 15 is 0 Å². The maximum absolute atomic E-state index is 12.3. The van der Waals surface area contributed by atoms with Crippen molar-refractivity contribution in [1.29, 1.82) is 0 Å². The van der Waals surface area contributed by atoms with E-state index in [1.165, 1.54) is 6.08 Å². The van der Waals surface area contributed by atoms with Crippen LogP contribution >= 0.6 is 0 Å². The lowest BCUT2D eigenvalue weighted by molar-refractivity contribution is 0.0975. The van der Waals surface area contributed by atoms with Crippen LogP contribution in [-0.2, 0) is 0 Å². The highest BCUT2D eigenvalue weighted by Gasteiger charge is 2.27. The molecule has 0 spiro atoms. The van der Waals surface area contributed by atoms with E-state index in [1.54, 1.807) is 24.3 Å². The summed E-state index contributed by atoms with van der Waals surface area (Å²) in [5.41, 5.74) is 1.75. The number of benzene rings is 1. The molecule has 0 amide bonds. The number of carbonyl (C=O) groups excluding carboxylic acids is 2. The molecule has 1 aromatic carbocycles. The fourth-order valence-corrected chi connectivity index (χ4v) is 2.29. The molecule has 88 valence electrons. The average Bonchev–Trinajstić information content (AvgIpc) is 2.34. The van der Waals surface area contributed by atoms with Crippen LogP contribution in [0.1, 0.15) is 47.4 Å². The third kappa shape index (κ3) is 2.07. The first-order valence-electron chi connectivity index (χ1n) is 6.04.